The summed E-state index contributed by atoms with van der Waals surface area (Å²) in [6.07, 6.45) is 6.56. The van der Waals surface area contributed by atoms with E-state index < -0.39 is 17.0 Å². The van der Waals surface area contributed by atoms with Crippen molar-refractivity contribution in [3.63, 3.8) is 0 Å². The zero-order valence-corrected chi connectivity index (χ0v) is 23.8. The molecule has 1 atom stereocenters. The Morgan fingerprint density at radius 1 is 1.00 bits per heavy atom. The van der Waals surface area contributed by atoms with Crippen LogP contribution in [0.25, 0.3) is 11.3 Å². The van der Waals surface area contributed by atoms with Crippen molar-refractivity contribution in [2.45, 2.75) is 68.5 Å². The normalized spacial score (nSPS) is 19.8. The lowest BCUT2D eigenvalue weighted by molar-refractivity contribution is -0.121. The fourth-order valence-corrected chi connectivity index (χ4v) is 7.78. The molecule has 40 heavy (non-hydrogen) atoms. The first-order valence-electron chi connectivity index (χ1n) is 13.8. The van der Waals surface area contributed by atoms with Gasteiger partial charge in [-0.05, 0) is 43.4 Å². The van der Waals surface area contributed by atoms with Crippen molar-refractivity contribution in [3.05, 3.63) is 71.1 Å². The highest BCUT2D eigenvalue weighted by atomic mass is 32.2. The number of rotatable bonds is 7. The van der Waals surface area contributed by atoms with Gasteiger partial charge in [0.1, 0.15) is 12.6 Å². The number of benzene rings is 2. The van der Waals surface area contributed by atoms with E-state index in [4.69, 9.17) is 4.74 Å². The molecule has 2 aromatic carbocycles. The number of aromatic nitrogens is 1. The number of nitrogens with one attached hydrogen (secondary N) is 2. The number of thioether (sulfide) groups is 1. The van der Waals surface area contributed by atoms with Gasteiger partial charge in [0.25, 0.3) is 5.91 Å². The maximum atomic E-state index is 13.5. The number of hydrogen-bond acceptors (Lipinski definition) is 7. The summed E-state index contributed by atoms with van der Waals surface area (Å²) >= 11 is 3.04. The van der Waals surface area contributed by atoms with Crippen LogP contribution in [0.2, 0.25) is 0 Å². The van der Waals surface area contributed by atoms with E-state index in [-0.39, 0.29) is 18.4 Å². The third-order valence-electron chi connectivity index (χ3n) is 7.69. The lowest BCUT2D eigenvalue weighted by Crippen LogP contribution is -2.54. The number of carbonyl (C=O) groups is 3. The third kappa shape index (κ3) is 5.88. The van der Waals surface area contributed by atoms with E-state index in [1.807, 2.05) is 47.8 Å². The van der Waals surface area contributed by atoms with E-state index in [0.29, 0.717) is 22.5 Å². The monoisotopic (exact) mass is 576 g/mol. The molecule has 3 aliphatic rings. The van der Waals surface area contributed by atoms with Crippen molar-refractivity contribution in [1.82, 2.24) is 15.2 Å². The van der Waals surface area contributed by atoms with Crippen LogP contribution in [0.15, 0.2) is 60.0 Å². The number of thiazole rings is 1. The molecular weight excluding hydrogens is 544 g/mol. The topological polar surface area (TPSA) is 101 Å². The van der Waals surface area contributed by atoms with E-state index in [2.05, 4.69) is 15.6 Å². The van der Waals surface area contributed by atoms with Gasteiger partial charge in [0.2, 0.25) is 5.91 Å². The van der Waals surface area contributed by atoms with Crippen LogP contribution >= 0.6 is 23.1 Å². The number of ether oxygens (including phenoxy) is 1. The number of amides is 3. The summed E-state index contributed by atoms with van der Waals surface area (Å²) in [5, 5.41) is 8.30. The minimum absolute atomic E-state index is 0.0581. The zero-order valence-electron chi connectivity index (χ0n) is 22.1. The summed E-state index contributed by atoms with van der Waals surface area (Å²) in [6, 6.07) is 16.6. The van der Waals surface area contributed by atoms with E-state index >= 15 is 0 Å². The molecular formula is C30H32N4O4S2. The molecule has 8 nitrogen and oxygen atoms in total. The largest absolute Gasteiger partial charge is 0.444 e. The molecule has 3 amide bonds. The molecule has 1 spiro atoms. The van der Waals surface area contributed by atoms with E-state index in [1.165, 1.54) is 11.3 Å². The second-order valence-electron chi connectivity index (χ2n) is 10.6. The molecule has 0 unspecified atom stereocenters. The highest BCUT2D eigenvalue weighted by Crippen LogP contribution is 2.49. The van der Waals surface area contributed by atoms with Gasteiger partial charge in [-0.3, -0.25) is 14.5 Å². The molecule has 3 fully saturated rings. The van der Waals surface area contributed by atoms with Crippen LogP contribution in [0.5, 0.6) is 0 Å². The van der Waals surface area contributed by atoms with Crippen LogP contribution in [-0.2, 0) is 16.1 Å². The minimum atomic E-state index is -0.636. The Morgan fingerprint density at radius 2 is 1.75 bits per heavy atom. The Bertz CT molecular complexity index is 1370. The number of carbonyl (C=O) groups excluding carboxylic acids is 3. The van der Waals surface area contributed by atoms with Crippen molar-refractivity contribution in [1.29, 1.82) is 0 Å². The fraction of sp³-hybridized carbons (Fsp3) is 0.400. The molecule has 10 heteroatoms. The fourth-order valence-electron chi connectivity index (χ4n) is 5.37. The van der Waals surface area contributed by atoms with Crippen molar-refractivity contribution in [2.75, 3.05) is 11.1 Å². The maximum absolute atomic E-state index is 13.5. The summed E-state index contributed by atoms with van der Waals surface area (Å²) in [7, 11) is 0. The van der Waals surface area contributed by atoms with Gasteiger partial charge >= 0.3 is 6.09 Å². The first kappa shape index (κ1) is 26.8. The highest BCUT2D eigenvalue weighted by Gasteiger charge is 2.53. The summed E-state index contributed by atoms with van der Waals surface area (Å²) in [5.41, 5.74) is 3.11. The Balaban J connectivity index is 1.13. The number of hydrogen-bond donors (Lipinski definition) is 2. The standard InChI is InChI=1S/C30H32N4O4S2/c35-26(31-23-13-14-23)22-11-9-21(10-12-22)24-18-39-28(32-24)33-27(36)25-19-40-30(15-5-2-6-16-30)34(25)29(37)38-17-20-7-3-1-4-8-20/h1,3-4,7-12,18,23,25H,2,5-6,13-17,19H2,(H,31,35)(H,32,33,36)/t25-/m0/s1. The molecule has 0 bridgehead atoms. The van der Waals surface area contributed by atoms with Crippen LogP contribution in [0.4, 0.5) is 9.93 Å². The quantitative estimate of drug-likeness (QED) is 0.355. The second kappa shape index (κ2) is 11.6. The molecule has 3 aromatic rings. The van der Waals surface area contributed by atoms with Gasteiger partial charge in [-0.2, -0.15) is 0 Å². The molecule has 2 heterocycles. The lowest BCUT2D eigenvalue weighted by Gasteiger charge is -2.41. The molecule has 1 aromatic heterocycles. The van der Waals surface area contributed by atoms with Crippen LogP contribution in [0.3, 0.4) is 0 Å². The second-order valence-corrected chi connectivity index (χ2v) is 12.8. The number of nitrogens with zero attached hydrogens (tertiary/aromatic N) is 2. The van der Waals surface area contributed by atoms with E-state index in [9.17, 15) is 14.4 Å². The maximum Gasteiger partial charge on any atom is 0.411 e. The summed E-state index contributed by atoms with van der Waals surface area (Å²) in [4.78, 5) is 45.2. The highest BCUT2D eigenvalue weighted by molar-refractivity contribution is 8.01. The van der Waals surface area contributed by atoms with Gasteiger partial charge in [0.05, 0.1) is 10.6 Å². The molecule has 2 saturated carbocycles. The van der Waals surface area contributed by atoms with E-state index in [1.54, 1.807) is 28.8 Å². The van der Waals surface area contributed by atoms with Gasteiger partial charge in [0.15, 0.2) is 5.13 Å². The van der Waals surface area contributed by atoms with Crippen molar-refractivity contribution in [2.24, 2.45) is 0 Å². The van der Waals surface area contributed by atoms with Gasteiger partial charge < -0.3 is 15.4 Å². The first-order chi connectivity index (χ1) is 19.5. The Hall–Kier alpha value is -3.37. The van der Waals surface area contributed by atoms with Gasteiger partial charge in [-0.25, -0.2) is 9.78 Å². The average Bonchev–Trinajstić information content (AvgIpc) is 3.55. The predicted molar refractivity (Wildman–Crippen MR) is 157 cm³/mol. The van der Waals surface area contributed by atoms with Gasteiger partial charge in [0, 0.05) is 28.3 Å². The molecule has 1 saturated heterocycles. The molecule has 208 valence electrons. The molecule has 0 radical (unpaired) electrons. The number of anilines is 1. The van der Waals surface area contributed by atoms with Crippen LogP contribution in [-0.4, -0.2) is 50.5 Å². The van der Waals surface area contributed by atoms with E-state index in [0.717, 1.165) is 61.8 Å². The first-order valence-corrected chi connectivity index (χ1v) is 15.7. The molecule has 6 rings (SSSR count). The summed E-state index contributed by atoms with van der Waals surface area (Å²) in [6.45, 7) is 0.169. The smallest absolute Gasteiger partial charge is 0.411 e. The van der Waals surface area contributed by atoms with Crippen molar-refractivity contribution >= 4 is 46.1 Å². The van der Waals surface area contributed by atoms with Crippen molar-refractivity contribution < 1.29 is 19.1 Å². The molecule has 2 aliphatic carbocycles. The average molecular weight is 577 g/mol. The minimum Gasteiger partial charge on any atom is -0.444 e. The molecule has 2 N–H and O–H groups in total. The summed E-state index contributed by atoms with van der Waals surface area (Å²) < 4.78 is 5.74. The van der Waals surface area contributed by atoms with Gasteiger partial charge in [-0.1, -0.05) is 61.7 Å². The Morgan fingerprint density at radius 3 is 2.48 bits per heavy atom. The summed E-state index contributed by atoms with van der Waals surface area (Å²) in [5.74, 6) is 0.214. The van der Waals surface area contributed by atoms with Crippen LogP contribution in [0.1, 0.15) is 60.9 Å². The molecule has 1 aliphatic heterocycles. The van der Waals surface area contributed by atoms with Crippen LogP contribution in [0, 0.1) is 0 Å². The SMILES string of the molecule is O=C(NC1CC1)c1ccc(-c2csc(NC(=O)[C@@H]3CSC4(CCCCC4)N3C(=O)OCc3ccccc3)n2)cc1. The van der Waals surface area contributed by atoms with Crippen molar-refractivity contribution in [3.8, 4) is 11.3 Å². The Labute approximate surface area is 241 Å². The zero-order chi connectivity index (χ0) is 27.5. The Kier molecular flexibility index (Phi) is 7.80. The van der Waals surface area contributed by atoms with Gasteiger partial charge in [-0.15, -0.1) is 23.1 Å². The van der Waals surface area contributed by atoms with Crippen LogP contribution < -0.4 is 10.6 Å². The lowest BCUT2D eigenvalue weighted by atomic mass is 9.93. The predicted octanol–water partition coefficient (Wildman–Crippen LogP) is 6.06. The third-order valence-corrected chi connectivity index (χ3v) is 10.1.